The Labute approximate surface area is 120 Å². The van der Waals surface area contributed by atoms with Gasteiger partial charge in [0.1, 0.15) is 0 Å². The molecule has 0 radical (unpaired) electrons. The van der Waals surface area contributed by atoms with Crippen LogP contribution in [0.25, 0.3) is 0 Å². The summed E-state index contributed by atoms with van der Waals surface area (Å²) in [6.45, 7) is 4.52. The number of nitrogens with zero attached hydrogens (tertiary/aromatic N) is 1. The van der Waals surface area contributed by atoms with Crippen molar-refractivity contribution in [1.29, 1.82) is 5.26 Å². The monoisotopic (exact) mass is 263 g/mol. The number of hydrogen-bond donors (Lipinski definition) is 0. The Bertz CT molecular complexity index is 249. The number of hydrogen-bond acceptors (Lipinski definition) is 1. The molecule has 0 amide bonds. The molecule has 1 rings (SSSR count). The van der Waals surface area contributed by atoms with Crippen molar-refractivity contribution in [3.8, 4) is 6.07 Å². The lowest BCUT2D eigenvalue weighted by Crippen LogP contribution is -2.07. The van der Waals surface area contributed by atoms with Gasteiger partial charge in [-0.2, -0.15) is 5.26 Å². The van der Waals surface area contributed by atoms with Crippen LogP contribution >= 0.6 is 0 Å². The molecule has 1 nitrogen and oxygen atoms in total. The van der Waals surface area contributed by atoms with Gasteiger partial charge in [0, 0.05) is 5.92 Å². The second kappa shape index (κ2) is 10.3. The zero-order chi connectivity index (χ0) is 13.9. The Morgan fingerprint density at radius 1 is 0.895 bits per heavy atom. The van der Waals surface area contributed by atoms with Crippen LogP contribution in [0.1, 0.15) is 90.9 Å². The summed E-state index contributed by atoms with van der Waals surface area (Å²) in [6, 6.07) is 2.54. The van der Waals surface area contributed by atoms with Crippen molar-refractivity contribution >= 4 is 0 Å². The van der Waals surface area contributed by atoms with Crippen LogP contribution < -0.4 is 0 Å². The molecule has 0 bridgehead atoms. The maximum absolute atomic E-state index is 9.26. The zero-order valence-corrected chi connectivity index (χ0v) is 13.2. The van der Waals surface area contributed by atoms with E-state index >= 15 is 0 Å². The highest BCUT2D eigenvalue weighted by Gasteiger charge is 2.30. The molecule has 110 valence electrons. The van der Waals surface area contributed by atoms with Gasteiger partial charge in [-0.1, -0.05) is 58.8 Å². The molecule has 0 N–H and O–H groups in total. The quantitative estimate of drug-likeness (QED) is 0.391. The third-order valence-corrected chi connectivity index (χ3v) is 4.69. The average molecular weight is 263 g/mol. The second-order valence-electron chi connectivity index (χ2n) is 6.49. The molecular weight excluding hydrogens is 230 g/mol. The lowest BCUT2D eigenvalue weighted by molar-refractivity contribution is 0.347. The van der Waals surface area contributed by atoms with Crippen LogP contribution in [0.2, 0.25) is 0 Å². The van der Waals surface area contributed by atoms with E-state index in [-0.39, 0.29) is 0 Å². The van der Waals surface area contributed by atoms with E-state index in [0.29, 0.717) is 5.92 Å². The molecule has 1 saturated carbocycles. The predicted molar refractivity (Wildman–Crippen MR) is 82.8 cm³/mol. The highest BCUT2D eigenvalue weighted by atomic mass is 14.4. The Morgan fingerprint density at radius 2 is 1.53 bits per heavy atom. The topological polar surface area (TPSA) is 23.8 Å². The Morgan fingerprint density at radius 3 is 2.05 bits per heavy atom. The normalized spacial score (nSPS) is 17.9. The van der Waals surface area contributed by atoms with Gasteiger partial charge in [-0.05, 0) is 43.9 Å². The van der Waals surface area contributed by atoms with Crippen molar-refractivity contribution in [2.24, 2.45) is 17.8 Å². The lowest BCUT2D eigenvalue weighted by Gasteiger charge is -2.18. The summed E-state index contributed by atoms with van der Waals surface area (Å²) >= 11 is 0. The third-order valence-electron chi connectivity index (χ3n) is 4.69. The molecule has 0 saturated heterocycles. The molecule has 0 aliphatic heterocycles. The summed E-state index contributed by atoms with van der Waals surface area (Å²) < 4.78 is 0. The predicted octanol–water partition coefficient (Wildman–Crippen LogP) is 6.09. The summed E-state index contributed by atoms with van der Waals surface area (Å²) in [5, 5.41) is 9.26. The number of rotatable bonds is 12. The standard InChI is InChI=1S/C18H33N/c1-3-5-7-9-16(15-19)11-12-17(18-13-14-18)10-8-6-4-2/h16-18H,3-14H2,1-2H3. The molecule has 0 spiro atoms. The molecule has 1 fully saturated rings. The average Bonchev–Trinajstić information content (AvgIpc) is 3.25. The third kappa shape index (κ3) is 7.61. The van der Waals surface area contributed by atoms with E-state index in [1.165, 1.54) is 64.2 Å². The first-order valence-electron chi connectivity index (χ1n) is 8.71. The number of unbranched alkanes of at least 4 members (excludes halogenated alkanes) is 4. The maximum atomic E-state index is 9.26. The van der Waals surface area contributed by atoms with E-state index in [0.717, 1.165) is 24.7 Å². The molecule has 0 heterocycles. The molecule has 1 heteroatoms. The van der Waals surface area contributed by atoms with E-state index in [1.807, 2.05) is 0 Å². The smallest absolute Gasteiger partial charge is 0.0655 e. The summed E-state index contributed by atoms with van der Waals surface area (Å²) in [4.78, 5) is 0. The van der Waals surface area contributed by atoms with Crippen LogP contribution in [-0.2, 0) is 0 Å². The van der Waals surface area contributed by atoms with Crippen molar-refractivity contribution < 1.29 is 0 Å². The van der Waals surface area contributed by atoms with Gasteiger partial charge in [0.05, 0.1) is 6.07 Å². The first-order valence-corrected chi connectivity index (χ1v) is 8.71. The van der Waals surface area contributed by atoms with E-state index in [4.69, 9.17) is 0 Å². The van der Waals surface area contributed by atoms with Gasteiger partial charge >= 0.3 is 0 Å². The molecule has 0 aromatic rings. The SMILES string of the molecule is CCCCCC(C#N)CCC(CCCCC)C1CC1. The Hall–Kier alpha value is -0.510. The van der Waals surface area contributed by atoms with Crippen LogP contribution in [0.15, 0.2) is 0 Å². The minimum Gasteiger partial charge on any atom is -0.198 e. The summed E-state index contributed by atoms with van der Waals surface area (Å²) in [5.74, 6) is 2.29. The van der Waals surface area contributed by atoms with Crippen LogP contribution in [-0.4, -0.2) is 0 Å². The van der Waals surface area contributed by atoms with E-state index in [9.17, 15) is 5.26 Å². The largest absolute Gasteiger partial charge is 0.198 e. The highest BCUT2D eigenvalue weighted by molar-refractivity contribution is 4.86. The maximum Gasteiger partial charge on any atom is 0.0655 e. The fourth-order valence-corrected chi connectivity index (χ4v) is 3.17. The highest BCUT2D eigenvalue weighted by Crippen LogP contribution is 2.42. The number of nitriles is 1. The van der Waals surface area contributed by atoms with Gasteiger partial charge in [0.25, 0.3) is 0 Å². The Balaban J connectivity index is 2.19. The van der Waals surface area contributed by atoms with E-state index in [2.05, 4.69) is 19.9 Å². The van der Waals surface area contributed by atoms with Crippen molar-refractivity contribution in [1.82, 2.24) is 0 Å². The molecule has 1 aliphatic carbocycles. The summed E-state index contributed by atoms with van der Waals surface area (Å²) in [7, 11) is 0. The van der Waals surface area contributed by atoms with Crippen LogP contribution in [0.3, 0.4) is 0 Å². The van der Waals surface area contributed by atoms with Gasteiger partial charge in [0.2, 0.25) is 0 Å². The van der Waals surface area contributed by atoms with Crippen molar-refractivity contribution in [3.05, 3.63) is 0 Å². The lowest BCUT2D eigenvalue weighted by atomic mass is 9.87. The van der Waals surface area contributed by atoms with Crippen molar-refractivity contribution in [2.75, 3.05) is 0 Å². The first-order chi connectivity index (χ1) is 9.31. The molecule has 2 unspecified atom stereocenters. The van der Waals surface area contributed by atoms with E-state index in [1.54, 1.807) is 0 Å². The molecule has 19 heavy (non-hydrogen) atoms. The van der Waals surface area contributed by atoms with Crippen LogP contribution in [0, 0.1) is 29.1 Å². The fourth-order valence-electron chi connectivity index (χ4n) is 3.17. The second-order valence-corrected chi connectivity index (χ2v) is 6.49. The fraction of sp³-hybridized carbons (Fsp3) is 0.944. The zero-order valence-electron chi connectivity index (χ0n) is 13.2. The van der Waals surface area contributed by atoms with Gasteiger partial charge in [0.15, 0.2) is 0 Å². The molecule has 0 aromatic carbocycles. The first kappa shape index (κ1) is 16.5. The van der Waals surface area contributed by atoms with Crippen molar-refractivity contribution in [3.63, 3.8) is 0 Å². The Kier molecular flexibility index (Phi) is 8.97. The van der Waals surface area contributed by atoms with Gasteiger partial charge in [-0.15, -0.1) is 0 Å². The van der Waals surface area contributed by atoms with Gasteiger partial charge < -0.3 is 0 Å². The molecule has 2 atom stereocenters. The van der Waals surface area contributed by atoms with Crippen LogP contribution in [0.5, 0.6) is 0 Å². The molecular formula is C18H33N. The minimum atomic E-state index is 0.332. The summed E-state index contributed by atoms with van der Waals surface area (Å²) in [5.41, 5.74) is 0. The molecule has 1 aliphatic rings. The van der Waals surface area contributed by atoms with Crippen LogP contribution in [0.4, 0.5) is 0 Å². The van der Waals surface area contributed by atoms with Crippen molar-refractivity contribution in [2.45, 2.75) is 90.9 Å². The van der Waals surface area contributed by atoms with Gasteiger partial charge in [-0.25, -0.2) is 0 Å². The van der Waals surface area contributed by atoms with E-state index < -0.39 is 0 Å². The minimum absolute atomic E-state index is 0.332. The summed E-state index contributed by atoms with van der Waals surface area (Å²) in [6.07, 6.45) is 15.9. The van der Waals surface area contributed by atoms with Gasteiger partial charge in [-0.3, -0.25) is 0 Å². The molecule has 0 aromatic heterocycles.